The quantitative estimate of drug-likeness (QED) is 0.552. The third-order valence-electron chi connectivity index (χ3n) is 6.94. The molecule has 2 heterocycles. The molecule has 3 fully saturated rings. The lowest BCUT2D eigenvalue weighted by molar-refractivity contribution is -0.138. The van der Waals surface area contributed by atoms with Crippen LogP contribution in [-0.4, -0.2) is 58.9 Å². The van der Waals surface area contributed by atoms with Crippen LogP contribution in [0.3, 0.4) is 0 Å². The third-order valence-corrected chi connectivity index (χ3v) is 8.00. The monoisotopic (exact) mass is 523 g/mol. The van der Waals surface area contributed by atoms with E-state index in [2.05, 4.69) is 5.32 Å². The molecule has 2 saturated heterocycles. The number of piperidine rings is 1. The molecule has 0 atom stereocenters. The van der Waals surface area contributed by atoms with E-state index < -0.39 is 34.4 Å². The van der Waals surface area contributed by atoms with Gasteiger partial charge in [0.05, 0.1) is 16.0 Å². The van der Waals surface area contributed by atoms with Gasteiger partial charge in [0.2, 0.25) is 5.91 Å². The molecule has 1 aromatic carbocycles. The number of amides is 4. The zero-order chi connectivity index (χ0) is 25.9. The van der Waals surface area contributed by atoms with Crippen molar-refractivity contribution in [3.63, 3.8) is 0 Å². The minimum atomic E-state index is -4.64. The van der Waals surface area contributed by atoms with Gasteiger partial charge in [-0.15, -0.1) is 0 Å². The Morgan fingerprint density at radius 3 is 2.39 bits per heavy atom. The van der Waals surface area contributed by atoms with Crippen molar-refractivity contribution in [1.29, 1.82) is 0 Å². The Hall–Kier alpha value is -2.82. The summed E-state index contributed by atoms with van der Waals surface area (Å²) in [5, 5.41) is 2.26. The fraction of sp³-hybridized carbons (Fsp3) is 0.520. The van der Waals surface area contributed by atoms with Crippen LogP contribution in [0.1, 0.15) is 60.9 Å². The summed E-state index contributed by atoms with van der Waals surface area (Å²) in [4.78, 5) is 52.9. The second kappa shape index (κ2) is 11.1. The van der Waals surface area contributed by atoms with Crippen molar-refractivity contribution in [2.45, 2.75) is 51.1 Å². The lowest BCUT2D eigenvalue weighted by atomic mass is 10.0. The maximum Gasteiger partial charge on any atom is 0.417 e. The van der Waals surface area contributed by atoms with Crippen LogP contribution in [-0.2, 0) is 15.8 Å². The van der Waals surface area contributed by atoms with Gasteiger partial charge in [-0.05, 0) is 54.6 Å². The fourth-order valence-corrected chi connectivity index (χ4v) is 5.94. The smallest absolute Gasteiger partial charge is 0.355 e. The minimum Gasteiger partial charge on any atom is -0.355 e. The number of carbonyl (C=O) groups excluding carboxylic acids is 4. The maximum atomic E-state index is 13.3. The standard InChI is InChI=1S/C25H28F3N3O4S/c26-25(27,28)19-8-4-3-7-18(19)22(33)30-13-10-17(11-14-30)21-23(34)31(24(35)36-21)15-20(32)29-12-9-16-5-1-2-6-16/h3-4,7-8,16H,1-2,5-6,9-15H2,(H,29,32). The van der Waals surface area contributed by atoms with E-state index in [4.69, 9.17) is 0 Å². The van der Waals surface area contributed by atoms with Crippen LogP contribution in [0, 0.1) is 5.92 Å². The summed E-state index contributed by atoms with van der Waals surface area (Å²) in [6, 6.07) is 4.66. The molecule has 194 valence electrons. The second-order valence-electron chi connectivity index (χ2n) is 9.32. The average Bonchev–Trinajstić information content (AvgIpc) is 3.47. The number of nitrogens with zero attached hydrogens (tertiary/aromatic N) is 2. The predicted molar refractivity (Wildman–Crippen MR) is 128 cm³/mol. The lowest BCUT2D eigenvalue weighted by Crippen LogP contribution is -2.40. The van der Waals surface area contributed by atoms with Crippen molar-refractivity contribution < 1.29 is 32.3 Å². The number of hydrogen-bond acceptors (Lipinski definition) is 5. The third kappa shape index (κ3) is 5.93. The number of thioether (sulfide) groups is 1. The molecule has 7 nitrogen and oxygen atoms in total. The van der Waals surface area contributed by atoms with Crippen LogP contribution in [0.4, 0.5) is 18.0 Å². The van der Waals surface area contributed by atoms with Crippen LogP contribution in [0.5, 0.6) is 0 Å². The molecular weight excluding hydrogens is 495 g/mol. The summed E-state index contributed by atoms with van der Waals surface area (Å²) >= 11 is 0.771. The first-order chi connectivity index (χ1) is 17.1. The van der Waals surface area contributed by atoms with E-state index in [-0.39, 0.29) is 43.3 Å². The van der Waals surface area contributed by atoms with Crippen LogP contribution in [0.2, 0.25) is 0 Å². The average molecular weight is 524 g/mol. The molecule has 0 spiro atoms. The van der Waals surface area contributed by atoms with E-state index in [1.54, 1.807) is 0 Å². The van der Waals surface area contributed by atoms with Gasteiger partial charge < -0.3 is 10.2 Å². The minimum absolute atomic E-state index is 0.132. The van der Waals surface area contributed by atoms with Crippen LogP contribution in [0.15, 0.2) is 34.7 Å². The van der Waals surface area contributed by atoms with Gasteiger partial charge in [-0.25, -0.2) is 0 Å². The molecule has 1 saturated carbocycles. The van der Waals surface area contributed by atoms with Gasteiger partial charge in [0.25, 0.3) is 17.1 Å². The molecule has 2 aliphatic heterocycles. The van der Waals surface area contributed by atoms with Crippen LogP contribution < -0.4 is 5.32 Å². The number of alkyl halides is 3. The van der Waals surface area contributed by atoms with E-state index in [0.29, 0.717) is 18.0 Å². The summed E-state index contributed by atoms with van der Waals surface area (Å²) in [6.07, 6.45) is 1.56. The van der Waals surface area contributed by atoms with E-state index >= 15 is 0 Å². The molecule has 1 N–H and O–H groups in total. The fourth-order valence-electron chi connectivity index (χ4n) is 4.96. The first kappa shape index (κ1) is 26.2. The molecule has 0 bridgehead atoms. The number of hydrogen-bond donors (Lipinski definition) is 1. The summed E-state index contributed by atoms with van der Waals surface area (Å²) in [7, 11) is 0. The second-order valence-corrected chi connectivity index (χ2v) is 10.3. The Morgan fingerprint density at radius 2 is 1.72 bits per heavy atom. The first-order valence-corrected chi connectivity index (χ1v) is 12.9. The van der Waals surface area contributed by atoms with E-state index in [1.165, 1.54) is 42.7 Å². The number of carbonyl (C=O) groups is 4. The van der Waals surface area contributed by atoms with Gasteiger partial charge in [-0.2, -0.15) is 13.2 Å². The number of imide groups is 1. The number of likely N-dealkylation sites (tertiary alicyclic amines) is 1. The highest BCUT2D eigenvalue weighted by Crippen LogP contribution is 2.37. The molecule has 1 aliphatic carbocycles. The molecule has 4 rings (SSSR count). The van der Waals surface area contributed by atoms with Gasteiger partial charge in [-0.3, -0.25) is 24.1 Å². The zero-order valence-electron chi connectivity index (χ0n) is 19.7. The summed E-state index contributed by atoms with van der Waals surface area (Å²) in [5.41, 5.74) is -0.716. The van der Waals surface area contributed by atoms with Crippen molar-refractivity contribution in [1.82, 2.24) is 15.1 Å². The molecule has 11 heteroatoms. The molecular formula is C25H28F3N3O4S. The van der Waals surface area contributed by atoms with Crippen molar-refractivity contribution in [2.24, 2.45) is 5.92 Å². The van der Waals surface area contributed by atoms with Crippen LogP contribution in [0.25, 0.3) is 0 Å². The highest BCUT2D eigenvalue weighted by atomic mass is 32.2. The summed E-state index contributed by atoms with van der Waals surface area (Å²) < 4.78 is 39.9. The van der Waals surface area contributed by atoms with Gasteiger partial charge in [0.1, 0.15) is 6.54 Å². The van der Waals surface area contributed by atoms with Gasteiger partial charge >= 0.3 is 6.18 Å². The molecule has 0 radical (unpaired) electrons. The largest absolute Gasteiger partial charge is 0.417 e. The zero-order valence-corrected chi connectivity index (χ0v) is 20.6. The van der Waals surface area contributed by atoms with Crippen molar-refractivity contribution >= 4 is 34.7 Å². The van der Waals surface area contributed by atoms with Gasteiger partial charge in [0, 0.05) is 19.6 Å². The normalized spacial score (nSPS) is 19.4. The number of halogens is 3. The van der Waals surface area contributed by atoms with Gasteiger partial charge in [0.15, 0.2) is 0 Å². The van der Waals surface area contributed by atoms with Crippen molar-refractivity contribution in [3.05, 3.63) is 45.9 Å². The molecule has 1 aromatic rings. The Labute approximate surface area is 211 Å². The van der Waals surface area contributed by atoms with Crippen molar-refractivity contribution in [2.75, 3.05) is 26.2 Å². The first-order valence-electron chi connectivity index (χ1n) is 12.1. The SMILES string of the molecule is O=C(CN1C(=O)SC(=C2CCN(C(=O)c3ccccc3C(F)(F)F)CC2)C1=O)NCCC1CCCC1. The number of rotatable bonds is 6. The lowest BCUT2D eigenvalue weighted by Gasteiger charge is -2.29. The van der Waals surface area contributed by atoms with E-state index in [0.717, 1.165) is 35.2 Å². The maximum absolute atomic E-state index is 13.3. The molecule has 3 aliphatic rings. The Balaban J connectivity index is 1.33. The van der Waals surface area contributed by atoms with Crippen molar-refractivity contribution in [3.8, 4) is 0 Å². The molecule has 0 aromatic heterocycles. The highest BCUT2D eigenvalue weighted by Gasteiger charge is 2.40. The van der Waals surface area contributed by atoms with E-state index in [9.17, 15) is 32.3 Å². The van der Waals surface area contributed by atoms with Crippen LogP contribution >= 0.6 is 11.8 Å². The molecule has 4 amide bonds. The predicted octanol–water partition coefficient (Wildman–Crippen LogP) is 4.59. The topological polar surface area (TPSA) is 86.8 Å². The molecule has 0 unspecified atom stereocenters. The summed E-state index contributed by atoms with van der Waals surface area (Å²) in [6.45, 7) is 0.439. The van der Waals surface area contributed by atoms with Gasteiger partial charge in [-0.1, -0.05) is 37.8 Å². The Kier molecular flexibility index (Phi) is 8.07. The highest BCUT2D eigenvalue weighted by molar-refractivity contribution is 8.18. The number of benzene rings is 1. The van der Waals surface area contributed by atoms with E-state index in [1.807, 2.05) is 0 Å². The Bertz CT molecular complexity index is 1070. The Morgan fingerprint density at radius 1 is 1.06 bits per heavy atom. The number of nitrogens with one attached hydrogen (secondary N) is 1. The molecule has 36 heavy (non-hydrogen) atoms. The summed E-state index contributed by atoms with van der Waals surface area (Å²) in [5.74, 6) is -1.02.